The summed E-state index contributed by atoms with van der Waals surface area (Å²) in [5, 5.41) is 167. The standard InChI is InChI=1S/C41H30O27/c42-13-1-9(2-14(43)25(13)49)37(58)67-34-33-21(65-41(62)35(34)68-38(59)10-3-15(44)26(50)16(45)4-10)8-63-40(61)23-20(64-32-12(36(56)57)6-18(47)29(53)31(32)55)7-19(48)27(51)24(23)22-11(39(60)66-33)5-17(46)28(52)30(22)54/h1-7,21,33-35,41-55,62H,8H2,(H,56,57)/t21-,33-,34+,35-,41-/m1/s1. The zero-order valence-electron chi connectivity index (χ0n) is 33.3. The van der Waals surface area contributed by atoms with Gasteiger partial charge < -0.3 is 110 Å². The molecule has 356 valence electrons. The lowest BCUT2D eigenvalue weighted by molar-refractivity contribution is -0.284. The molecule has 0 aromatic heterocycles. The van der Waals surface area contributed by atoms with Crippen LogP contribution < -0.4 is 4.74 Å². The highest BCUT2D eigenvalue weighted by atomic mass is 16.7. The Labute approximate surface area is 374 Å². The first kappa shape index (κ1) is 46.4. The summed E-state index contributed by atoms with van der Waals surface area (Å²) in [7, 11) is 0. The summed E-state index contributed by atoms with van der Waals surface area (Å²) in [6.45, 7) is -1.31. The number of aliphatic hydroxyl groups is 1. The van der Waals surface area contributed by atoms with Crippen molar-refractivity contribution < 1.29 is 134 Å². The molecule has 2 aliphatic heterocycles. The predicted octanol–water partition coefficient (Wildman–Crippen LogP) is 1.59. The van der Waals surface area contributed by atoms with Crippen molar-refractivity contribution in [1.29, 1.82) is 0 Å². The smallest absolute Gasteiger partial charge is 0.342 e. The van der Waals surface area contributed by atoms with E-state index in [-0.39, 0.29) is 0 Å². The van der Waals surface area contributed by atoms with Gasteiger partial charge in [-0.1, -0.05) is 0 Å². The molecule has 0 unspecified atom stereocenters. The Balaban J connectivity index is 1.42. The zero-order valence-corrected chi connectivity index (χ0v) is 33.3. The maximum atomic E-state index is 14.5. The van der Waals surface area contributed by atoms with Gasteiger partial charge in [-0.25, -0.2) is 24.0 Å². The number of cyclic esters (lactones) is 1. The van der Waals surface area contributed by atoms with Crippen LogP contribution in [0.4, 0.5) is 0 Å². The summed E-state index contributed by atoms with van der Waals surface area (Å²) in [6, 6.07) is 3.31. The number of fused-ring (bicyclic) bond motifs is 4. The second-order valence-electron chi connectivity index (χ2n) is 14.4. The van der Waals surface area contributed by atoms with Crippen LogP contribution in [0.15, 0.2) is 42.5 Å². The highest BCUT2D eigenvalue weighted by Crippen LogP contribution is 2.55. The van der Waals surface area contributed by atoms with Crippen LogP contribution in [0.1, 0.15) is 51.8 Å². The SMILES string of the molecule is O=C(O[C@@H]1[C@@H](OC(=O)c2cc(O)c(O)c(O)c2)[C@H](O)O[C@@H]2COC(=O)c3c(Oc4c(C(=O)O)cc(O)c(O)c4O)cc(O)c(O)c3-c3c(cc(O)c(O)c3O)C(=O)O[C@@H]12)c1cc(O)c(O)c(O)c1. The molecule has 68 heavy (non-hydrogen) atoms. The largest absolute Gasteiger partial charge is 0.504 e. The summed E-state index contributed by atoms with van der Waals surface area (Å²) in [5.41, 5.74) is -7.64. The number of aromatic carboxylic acids is 1. The average molecular weight is 955 g/mol. The number of aromatic hydroxyl groups is 14. The summed E-state index contributed by atoms with van der Waals surface area (Å²) >= 11 is 0. The molecule has 27 heteroatoms. The van der Waals surface area contributed by atoms with E-state index in [0.29, 0.717) is 42.5 Å². The molecule has 0 saturated carbocycles. The average Bonchev–Trinajstić information content (AvgIpc) is 3.29. The van der Waals surface area contributed by atoms with Gasteiger partial charge in [0.2, 0.25) is 17.2 Å². The van der Waals surface area contributed by atoms with E-state index in [2.05, 4.69) is 0 Å². The first-order chi connectivity index (χ1) is 31.9. The predicted molar refractivity (Wildman–Crippen MR) is 210 cm³/mol. The van der Waals surface area contributed by atoms with Gasteiger partial charge in [0.05, 0.1) is 22.3 Å². The van der Waals surface area contributed by atoms with E-state index in [1.807, 2.05) is 0 Å². The number of phenols is 14. The van der Waals surface area contributed by atoms with Crippen LogP contribution >= 0.6 is 0 Å². The third-order valence-electron chi connectivity index (χ3n) is 10.2. The van der Waals surface area contributed by atoms with Crippen molar-refractivity contribution >= 4 is 29.8 Å². The summed E-state index contributed by atoms with van der Waals surface area (Å²) < 4.78 is 32.8. The molecule has 5 atom stereocenters. The molecule has 1 fully saturated rings. The van der Waals surface area contributed by atoms with Crippen molar-refractivity contribution in [3.05, 3.63) is 70.3 Å². The lowest BCUT2D eigenvalue weighted by Crippen LogP contribution is -2.62. The lowest BCUT2D eigenvalue weighted by Gasteiger charge is -2.42. The van der Waals surface area contributed by atoms with Gasteiger partial charge >= 0.3 is 29.8 Å². The molecular formula is C41H30O27. The van der Waals surface area contributed by atoms with E-state index in [1.54, 1.807) is 0 Å². The number of carboxylic acids is 1. The highest BCUT2D eigenvalue weighted by Gasteiger charge is 2.53. The van der Waals surface area contributed by atoms with Gasteiger partial charge in [-0.3, -0.25) is 0 Å². The topological polar surface area (TPSA) is 464 Å². The van der Waals surface area contributed by atoms with Crippen molar-refractivity contribution in [3.63, 3.8) is 0 Å². The van der Waals surface area contributed by atoms with Crippen molar-refractivity contribution in [1.82, 2.24) is 0 Å². The molecular weight excluding hydrogens is 924 g/mol. The normalized spacial score (nSPS) is 18.9. The van der Waals surface area contributed by atoms with Crippen molar-refractivity contribution in [3.8, 4) is 103 Å². The molecule has 5 aromatic rings. The summed E-state index contributed by atoms with van der Waals surface area (Å²) in [5.74, 6) is -29.1. The third kappa shape index (κ3) is 7.96. The number of esters is 4. The van der Waals surface area contributed by atoms with E-state index >= 15 is 0 Å². The number of ether oxygens (including phenoxy) is 6. The van der Waals surface area contributed by atoms with Gasteiger partial charge in [-0.05, 0) is 30.3 Å². The van der Waals surface area contributed by atoms with Crippen LogP contribution in [0.3, 0.4) is 0 Å². The van der Waals surface area contributed by atoms with Gasteiger partial charge in [0, 0.05) is 17.7 Å². The molecule has 5 aromatic carbocycles. The Hall–Kier alpha value is -9.63. The minimum Gasteiger partial charge on any atom is -0.504 e. The van der Waals surface area contributed by atoms with Crippen molar-refractivity contribution in [2.24, 2.45) is 0 Å². The number of carbonyl (C=O) groups is 5. The number of hydrogen-bond acceptors (Lipinski definition) is 26. The molecule has 7 rings (SSSR count). The second-order valence-corrected chi connectivity index (χ2v) is 14.4. The van der Waals surface area contributed by atoms with Gasteiger partial charge in [-0.2, -0.15) is 0 Å². The van der Waals surface area contributed by atoms with E-state index in [9.17, 15) is 106 Å². The van der Waals surface area contributed by atoms with E-state index in [4.69, 9.17) is 28.4 Å². The molecule has 2 heterocycles. The number of aliphatic hydroxyl groups excluding tert-OH is 1. The van der Waals surface area contributed by atoms with Crippen LogP contribution in [-0.2, 0) is 23.7 Å². The fourth-order valence-corrected chi connectivity index (χ4v) is 6.89. The monoisotopic (exact) mass is 954 g/mol. The zero-order chi connectivity index (χ0) is 50.0. The lowest BCUT2D eigenvalue weighted by atomic mass is 9.91. The Morgan fingerprint density at radius 2 is 1.01 bits per heavy atom. The molecule has 2 aliphatic rings. The minimum absolute atomic E-state index is 0.341. The third-order valence-corrected chi connectivity index (χ3v) is 10.2. The Morgan fingerprint density at radius 3 is 1.56 bits per heavy atom. The number of rotatable bonds is 7. The highest BCUT2D eigenvalue weighted by molar-refractivity contribution is 6.09. The van der Waals surface area contributed by atoms with E-state index in [1.165, 1.54) is 0 Å². The van der Waals surface area contributed by atoms with Gasteiger partial charge in [0.15, 0.2) is 93.6 Å². The van der Waals surface area contributed by atoms with Gasteiger partial charge in [-0.15, -0.1) is 0 Å². The van der Waals surface area contributed by atoms with Gasteiger partial charge in [0.25, 0.3) is 0 Å². The maximum Gasteiger partial charge on any atom is 0.342 e. The fraction of sp³-hybridized carbons (Fsp3) is 0.146. The molecule has 1 saturated heterocycles. The minimum atomic E-state index is -2.56. The second kappa shape index (κ2) is 17.1. The number of phenolic OH excluding ortho intramolecular Hbond substituents is 14. The van der Waals surface area contributed by atoms with E-state index in [0.717, 1.165) is 0 Å². The molecule has 0 amide bonds. The molecule has 16 N–H and O–H groups in total. The van der Waals surface area contributed by atoms with Crippen molar-refractivity contribution in [2.45, 2.75) is 30.7 Å². The van der Waals surface area contributed by atoms with Crippen molar-refractivity contribution in [2.75, 3.05) is 6.61 Å². The van der Waals surface area contributed by atoms with Crippen LogP contribution in [-0.4, -0.2) is 149 Å². The Kier molecular flexibility index (Phi) is 11.6. The molecule has 27 nitrogen and oxygen atoms in total. The number of benzene rings is 5. The van der Waals surface area contributed by atoms with E-state index < -0.39 is 198 Å². The molecule has 0 aliphatic carbocycles. The van der Waals surface area contributed by atoms with Crippen LogP contribution in [0.25, 0.3) is 11.1 Å². The number of hydrogen-bond donors (Lipinski definition) is 16. The number of carbonyl (C=O) groups excluding carboxylic acids is 4. The summed E-state index contributed by atoms with van der Waals surface area (Å²) in [6.07, 6.45) is -12.0. The van der Waals surface area contributed by atoms with Gasteiger partial charge in [0.1, 0.15) is 29.6 Å². The first-order valence-electron chi connectivity index (χ1n) is 18.6. The quantitative estimate of drug-likeness (QED) is 0.0625. The first-order valence-corrected chi connectivity index (χ1v) is 18.6. The Morgan fingerprint density at radius 1 is 0.529 bits per heavy atom. The molecule has 0 bridgehead atoms. The molecule has 0 spiro atoms. The maximum absolute atomic E-state index is 14.5. The fourth-order valence-electron chi connectivity index (χ4n) is 6.89. The van der Waals surface area contributed by atoms with Crippen LogP contribution in [0.5, 0.6) is 92.0 Å². The molecule has 0 radical (unpaired) electrons. The number of carboxylic acid groups (broad SMARTS) is 1. The summed E-state index contributed by atoms with van der Waals surface area (Å²) in [4.78, 5) is 68.1. The van der Waals surface area contributed by atoms with Crippen LogP contribution in [0, 0.1) is 0 Å². The Bertz CT molecular complexity index is 2950. The van der Waals surface area contributed by atoms with Crippen LogP contribution in [0.2, 0.25) is 0 Å².